The Morgan fingerprint density at radius 3 is 1.21 bits per heavy atom. The van der Waals surface area contributed by atoms with Crippen LogP contribution in [0.15, 0.2) is 60.8 Å². The second-order valence-corrected chi connectivity index (χ2v) is 25.0. The van der Waals surface area contributed by atoms with Crippen LogP contribution in [0.3, 0.4) is 0 Å². The van der Waals surface area contributed by atoms with E-state index in [1.54, 1.807) is 0 Å². The molecule has 0 radical (unpaired) electrons. The van der Waals surface area contributed by atoms with Gasteiger partial charge in [-0.1, -0.05) is 262 Å². The summed E-state index contributed by atoms with van der Waals surface area (Å²) >= 11 is 0. The number of hydrogen-bond donors (Lipinski definition) is 1. The van der Waals surface area contributed by atoms with E-state index in [2.05, 4.69) is 74.7 Å². The zero-order chi connectivity index (χ0) is 57.2. The van der Waals surface area contributed by atoms with Crippen LogP contribution in [0.4, 0.5) is 0 Å². The van der Waals surface area contributed by atoms with Gasteiger partial charge in [0.1, 0.15) is 19.3 Å². The molecule has 0 aromatic heterocycles. The molecule has 1 amide bonds. The number of ether oxygens (including phenoxy) is 1. The first-order valence-corrected chi connectivity index (χ1v) is 34.6. The Hall–Kier alpha value is -2.29. The molecule has 10 heteroatoms. The molecule has 0 heterocycles. The van der Waals surface area contributed by atoms with Crippen LogP contribution in [0.25, 0.3) is 0 Å². The summed E-state index contributed by atoms with van der Waals surface area (Å²) in [6, 6.07) is -0.898. The number of quaternary nitrogens is 1. The largest absolute Gasteiger partial charge is 0.756 e. The van der Waals surface area contributed by atoms with Crippen molar-refractivity contribution >= 4 is 19.7 Å². The van der Waals surface area contributed by atoms with Gasteiger partial charge in [-0.2, -0.15) is 0 Å². The molecule has 78 heavy (non-hydrogen) atoms. The van der Waals surface area contributed by atoms with E-state index in [-0.39, 0.29) is 24.9 Å². The number of rotatable bonds is 60. The lowest BCUT2D eigenvalue weighted by atomic mass is 10.0. The summed E-state index contributed by atoms with van der Waals surface area (Å²) in [6.07, 6.45) is 73.3. The number of likely N-dealkylation sites (N-methyl/N-ethyl adjacent to an activating group) is 1. The fourth-order valence-electron chi connectivity index (χ4n) is 9.52. The molecule has 0 bridgehead atoms. The molecule has 0 spiro atoms. The average molecular weight is 1120 g/mol. The van der Waals surface area contributed by atoms with E-state index >= 15 is 0 Å². The van der Waals surface area contributed by atoms with Crippen molar-refractivity contribution in [2.75, 3.05) is 40.9 Å². The van der Waals surface area contributed by atoms with Crippen molar-refractivity contribution in [1.82, 2.24) is 5.32 Å². The lowest BCUT2D eigenvalue weighted by Gasteiger charge is -2.30. The summed E-state index contributed by atoms with van der Waals surface area (Å²) in [5.74, 6) is -0.558. The van der Waals surface area contributed by atoms with Crippen LogP contribution in [0.5, 0.6) is 0 Å². The molecule has 9 nitrogen and oxygen atoms in total. The quantitative estimate of drug-likeness (QED) is 0.0212. The molecule has 456 valence electrons. The predicted molar refractivity (Wildman–Crippen MR) is 335 cm³/mol. The average Bonchev–Trinajstić information content (AvgIpc) is 3.40. The molecule has 0 saturated heterocycles. The number of unbranched alkanes of at least 4 members (excludes halogenated alkanes) is 36. The number of phosphoric ester groups is 1. The molecular weight excluding hydrogens is 988 g/mol. The van der Waals surface area contributed by atoms with Crippen LogP contribution in [-0.2, 0) is 27.9 Å². The molecule has 3 unspecified atom stereocenters. The molecule has 0 aromatic rings. The number of nitrogens with zero attached hydrogens (tertiary/aromatic N) is 1. The number of hydrogen-bond acceptors (Lipinski definition) is 7. The Morgan fingerprint density at radius 1 is 0.449 bits per heavy atom. The Balaban J connectivity index is 5.17. The van der Waals surface area contributed by atoms with E-state index in [1.807, 2.05) is 33.3 Å². The van der Waals surface area contributed by atoms with Crippen molar-refractivity contribution in [2.45, 2.75) is 322 Å². The van der Waals surface area contributed by atoms with Crippen LogP contribution >= 0.6 is 7.82 Å². The highest BCUT2D eigenvalue weighted by molar-refractivity contribution is 7.45. The fourth-order valence-corrected chi connectivity index (χ4v) is 10.2. The van der Waals surface area contributed by atoms with Crippen molar-refractivity contribution < 1.29 is 37.3 Å². The Kier molecular flexibility index (Phi) is 56.2. The second kappa shape index (κ2) is 57.9. The van der Waals surface area contributed by atoms with Crippen molar-refractivity contribution in [2.24, 2.45) is 0 Å². The summed E-state index contributed by atoms with van der Waals surface area (Å²) in [6.45, 7) is 6.82. The molecule has 0 aliphatic rings. The van der Waals surface area contributed by atoms with Crippen molar-refractivity contribution in [1.29, 1.82) is 0 Å². The van der Waals surface area contributed by atoms with Crippen LogP contribution < -0.4 is 10.2 Å². The molecule has 1 N–H and O–H groups in total. The van der Waals surface area contributed by atoms with Gasteiger partial charge < -0.3 is 28.5 Å². The van der Waals surface area contributed by atoms with Gasteiger partial charge in [0.2, 0.25) is 5.91 Å². The topological polar surface area (TPSA) is 114 Å². The van der Waals surface area contributed by atoms with Gasteiger partial charge >= 0.3 is 5.97 Å². The van der Waals surface area contributed by atoms with Crippen molar-refractivity contribution in [3.63, 3.8) is 0 Å². The number of carbonyl (C=O) groups is 2. The summed E-state index contributed by atoms with van der Waals surface area (Å²) < 4.78 is 30.3. The van der Waals surface area contributed by atoms with Crippen LogP contribution in [0.1, 0.15) is 310 Å². The third-order valence-corrected chi connectivity index (χ3v) is 15.6. The highest BCUT2D eigenvalue weighted by atomic mass is 31.2. The molecule has 0 aromatic carbocycles. The molecule has 3 atom stereocenters. The number of allylic oxidation sites excluding steroid dienone is 9. The number of phosphoric acid groups is 1. The normalized spacial score (nSPS) is 14.0. The van der Waals surface area contributed by atoms with Gasteiger partial charge in [0.15, 0.2) is 0 Å². The van der Waals surface area contributed by atoms with E-state index in [4.69, 9.17) is 13.8 Å². The van der Waals surface area contributed by atoms with Gasteiger partial charge in [-0.05, 0) is 96.0 Å². The van der Waals surface area contributed by atoms with Gasteiger partial charge in [0.25, 0.3) is 7.82 Å². The lowest BCUT2D eigenvalue weighted by Crippen LogP contribution is -2.47. The number of amides is 1. The zero-order valence-corrected chi connectivity index (χ0v) is 53.0. The predicted octanol–water partition coefficient (Wildman–Crippen LogP) is 20.0. The van der Waals surface area contributed by atoms with E-state index in [0.717, 1.165) is 77.0 Å². The van der Waals surface area contributed by atoms with Crippen molar-refractivity contribution in [3.05, 3.63) is 60.8 Å². The van der Waals surface area contributed by atoms with Crippen LogP contribution in [-0.4, -0.2) is 69.4 Å². The zero-order valence-electron chi connectivity index (χ0n) is 52.1. The minimum absolute atomic E-state index is 0.0265. The molecule has 0 rings (SSSR count). The fraction of sp³-hybridized carbons (Fsp3) is 0.824. The van der Waals surface area contributed by atoms with Gasteiger partial charge in [0.05, 0.1) is 33.8 Å². The minimum Gasteiger partial charge on any atom is -0.756 e. The van der Waals surface area contributed by atoms with Gasteiger partial charge in [-0.25, -0.2) is 0 Å². The standard InChI is InChI=1S/C68H127N2O7P/c1-7-10-13-16-19-22-25-28-30-32-33-34-35-36-37-39-40-42-45-48-51-54-57-60-67(71)69-65(64-76-78(73,74)75-63-62-70(4,5)6)66(59-56-53-50-47-44-27-24-21-18-15-12-9-3)77-68(72)61-58-55-52-49-46-43-41-38-31-29-26-23-20-17-14-11-8-2/h20,23,28-31,41,43,56,59,65-66H,7-19,21-22,24-27,32-40,42,44-55,57-58,60-64H2,1-6H3,(H-,69,71,73,74)/b23-20-,30-28+,31-29-,43-41-,59-56-. The van der Waals surface area contributed by atoms with Gasteiger partial charge in [-0.15, -0.1) is 0 Å². The molecule has 0 fully saturated rings. The third kappa shape index (κ3) is 58.4. The number of nitrogens with one attached hydrogen (secondary N) is 1. The smallest absolute Gasteiger partial charge is 0.306 e. The third-order valence-electron chi connectivity index (χ3n) is 14.7. The van der Waals surface area contributed by atoms with Crippen LogP contribution in [0, 0.1) is 0 Å². The van der Waals surface area contributed by atoms with E-state index in [1.165, 1.54) is 193 Å². The monoisotopic (exact) mass is 1110 g/mol. The summed E-state index contributed by atoms with van der Waals surface area (Å²) in [5, 5.41) is 3.03. The van der Waals surface area contributed by atoms with E-state index in [0.29, 0.717) is 23.9 Å². The first kappa shape index (κ1) is 75.7. The Labute approximate surface area is 483 Å². The number of esters is 1. The first-order valence-electron chi connectivity index (χ1n) is 33.1. The summed E-state index contributed by atoms with van der Waals surface area (Å²) in [7, 11) is 1.18. The Bertz CT molecular complexity index is 1520. The highest BCUT2D eigenvalue weighted by Gasteiger charge is 2.27. The van der Waals surface area contributed by atoms with Crippen molar-refractivity contribution in [3.8, 4) is 0 Å². The lowest BCUT2D eigenvalue weighted by molar-refractivity contribution is -0.870. The molecular formula is C68H127N2O7P. The molecule has 0 aliphatic carbocycles. The SMILES string of the molecule is CCCCC/C=C\C/C=C\C/C=C\CCCCCCC(=O)OC(/C=C\CCCCCCCCCCCC)C(COP(=O)([O-])OCC[N+](C)(C)C)NC(=O)CCCCCCCCCCCCCCC/C=C/CCCCCCCC. The number of carbonyl (C=O) groups excluding carboxylic acids is 2. The van der Waals surface area contributed by atoms with E-state index in [9.17, 15) is 19.0 Å². The first-order chi connectivity index (χ1) is 37.9. The van der Waals surface area contributed by atoms with Gasteiger partial charge in [0, 0.05) is 12.8 Å². The maximum atomic E-state index is 13.6. The molecule has 0 saturated carbocycles. The van der Waals surface area contributed by atoms with Crippen LogP contribution in [0.2, 0.25) is 0 Å². The second-order valence-electron chi connectivity index (χ2n) is 23.6. The molecule has 0 aliphatic heterocycles. The Morgan fingerprint density at radius 2 is 0.782 bits per heavy atom. The maximum Gasteiger partial charge on any atom is 0.306 e. The van der Waals surface area contributed by atoms with Gasteiger partial charge in [-0.3, -0.25) is 14.2 Å². The summed E-state index contributed by atoms with van der Waals surface area (Å²) in [4.78, 5) is 40.0. The highest BCUT2D eigenvalue weighted by Crippen LogP contribution is 2.38. The van der Waals surface area contributed by atoms with E-state index < -0.39 is 26.6 Å². The minimum atomic E-state index is -4.71. The maximum absolute atomic E-state index is 13.6. The summed E-state index contributed by atoms with van der Waals surface area (Å²) in [5.41, 5.74) is 0.